The number of benzene rings is 3. The maximum atomic E-state index is 12.8. The molecule has 0 spiro atoms. The first-order valence-corrected chi connectivity index (χ1v) is 12.1. The van der Waals surface area contributed by atoms with E-state index in [2.05, 4.69) is 17.4 Å². The summed E-state index contributed by atoms with van der Waals surface area (Å²) in [5.41, 5.74) is 0.894. The number of fused-ring (bicyclic) bond motifs is 1. The van der Waals surface area contributed by atoms with Gasteiger partial charge in [-0.05, 0) is 34.9 Å². The number of sulfonamides is 1. The number of carbonyl (C=O) groups excluding carboxylic acids is 1. The Bertz CT molecular complexity index is 1170. The monoisotopic (exact) mass is 456 g/mol. The van der Waals surface area contributed by atoms with E-state index in [1.165, 1.54) is 0 Å². The second-order valence-corrected chi connectivity index (χ2v) is 10.1. The fourth-order valence-corrected chi connectivity index (χ4v) is 5.26. The smallest absolute Gasteiger partial charge is 0.410 e. The van der Waals surface area contributed by atoms with Crippen molar-refractivity contribution in [2.45, 2.75) is 29.2 Å². The minimum absolute atomic E-state index is 0.0283. The summed E-state index contributed by atoms with van der Waals surface area (Å²) < 4.78 is 33.8. The molecule has 0 aromatic heterocycles. The van der Waals surface area contributed by atoms with Crippen LogP contribution in [0.25, 0.3) is 10.8 Å². The van der Waals surface area contributed by atoms with Gasteiger partial charge in [0.1, 0.15) is 6.61 Å². The molecule has 1 amide bonds. The standard InChI is InChI=1S/C23H24N2O4S2/c26-23(29-16-17-6-2-1-3-7-17)25-15-21(30)13-20(25)14-24-31(27,28)22-11-10-18-8-4-5-9-19(18)12-22/h1-12,20-21,24,30H,13-16H2/t20-,21+/m0/s1. The highest BCUT2D eigenvalue weighted by molar-refractivity contribution is 7.89. The minimum atomic E-state index is -3.71. The molecule has 0 bridgehead atoms. The highest BCUT2D eigenvalue weighted by Crippen LogP contribution is 2.24. The van der Waals surface area contributed by atoms with E-state index in [4.69, 9.17) is 4.74 Å². The van der Waals surface area contributed by atoms with Gasteiger partial charge in [-0.2, -0.15) is 12.6 Å². The summed E-state index contributed by atoms with van der Waals surface area (Å²) in [6, 6.07) is 21.7. The molecule has 1 saturated heterocycles. The van der Waals surface area contributed by atoms with Gasteiger partial charge in [-0.25, -0.2) is 17.9 Å². The molecule has 8 heteroatoms. The molecule has 0 unspecified atom stereocenters. The lowest BCUT2D eigenvalue weighted by Gasteiger charge is -2.24. The Kier molecular flexibility index (Phi) is 6.50. The topological polar surface area (TPSA) is 75.7 Å². The van der Waals surface area contributed by atoms with Crippen molar-refractivity contribution >= 4 is 39.5 Å². The molecular formula is C23H24N2O4S2. The number of likely N-dealkylation sites (tertiary alicyclic amines) is 1. The van der Waals surface area contributed by atoms with Gasteiger partial charge in [-0.3, -0.25) is 0 Å². The van der Waals surface area contributed by atoms with Crippen LogP contribution in [0.5, 0.6) is 0 Å². The van der Waals surface area contributed by atoms with Crippen LogP contribution >= 0.6 is 12.6 Å². The molecule has 1 heterocycles. The van der Waals surface area contributed by atoms with Crippen LogP contribution in [0.2, 0.25) is 0 Å². The number of nitrogens with zero attached hydrogens (tertiary/aromatic N) is 1. The van der Waals surface area contributed by atoms with Crippen LogP contribution in [0.1, 0.15) is 12.0 Å². The summed E-state index contributed by atoms with van der Waals surface area (Å²) >= 11 is 4.49. The molecule has 162 valence electrons. The van der Waals surface area contributed by atoms with Crippen LogP contribution in [-0.2, 0) is 21.4 Å². The van der Waals surface area contributed by atoms with Crippen LogP contribution in [0.4, 0.5) is 4.79 Å². The normalized spacial score (nSPS) is 18.9. The van der Waals surface area contributed by atoms with Gasteiger partial charge in [-0.1, -0.05) is 60.7 Å². The summed E-state index contributed by atoms with van der Waals surface area (Å²) in [4.78, 5) is 14.4. The molecule has 6 nitrogen and oxygen atoms in total. The van der Waals surface area contributed by atoms with Crippen molar-refractivity contribution in [2.24, 2.45) is 0 Å². The quantitative estimate of drug-likeness (QED) is 0.553. The van der Waals surface area contributed by atoms with E-state index in [9.17, 15) is 13.2 Å². The molecule has 4 rings (SSSR count). The van der Waals surface area contributed by atoms with E-state index >= 15 is 0 Å². The van der Waals surface area contributed by atoms with Crippen LogP contribution in [0, 0.1) is 0 Å². The van der Waals surface area contributed by atoms with Crippen LogP contribution in [0.15, 0.2) is 77.7 Å². The zero-order valence-corrected chi connectivity index (χ0v) is 18.6. The fraction of sp³-hybridized carbons (Fsp3) is 0.261. The molecule has 3 aromatic rings. The molecule has 0 saturated carbocycles. The first-order valence-electron chi connectivity index (χ1n) is 10.1. The van der Waals surface area contributed by atoms with Crippen molar-refractivity contribution in [1.82, 2.24) is 9.62 Å². The van der Waals surface area contributed by atoms with Gasteiger partial charge in [0.25, 0.3) is 0 Å². The van der Waals surface area contributed by atoms with E-state index < -0.39 is 16.1 Å². The lowest BCUT2D eigenvalue weighted by Crippen LogP contribution is -2.43. The maximum Gasteiger partial charge on any atom is 0.410 e. The first-order chi connectivity index (χ1) is 14.9. The third kappa shape index (κ3) is 5.20. The Hall–Kier alpha value is -2.55. The van der Waals surface area contributed by atoms with E-state index in [-0.39, 0.29) is 29.3 Å². The summed E-state index contributed by atoms with van der Waals surface area (Å²) in [7, 11) is -3.71. The maximum absolute atomic E-state index is 12.8. The van der Waals surface area contributed by atoms with E-state index in [0.717, 1.165) is 16.3 Å². The molecule has 1 fully saturated rings. The summed E-state index contributed by atoms with van der Waals surface area (Å²) in [6.45, 7) is 0.689. The van der Waals surface area contributed by atoms with Gasteiger partial charge in [0.2, 0.25) is 10.0 Å². The summed E-state index contributed by atoms with van der Waals surface area (Å²) in [5.74, 6) is 0. The number of nitrogens with one attached hydrogen (secondary N) is 1. The van der Waals surface area contributed by atoms with Crippen molar-refractivity contribution in [3.05, 3.63) is 78.4 Å². The summed E-state index contributed by atoms with van der Waals surface area (Å²) in [6.07, 6.45) is 0.124. The van der Waals surface area contributed by atoms with Gasteiger partial charge in [0.05, 0.1) is 4.90 Å². The Morgan fingerprint density at radius 1 is 1.03 bits per heavy atom. The third-order valence-corrected chi connectivity index (χ3v) is 7.17. The number of hydrogen-bond donors (Lipinski definition) is 2. The molecule has 1 aliphatic rings. The first kappa shape index (κ1) is 21.7. The van der Waals surface area contributed by atoms with Gasteiger partial charge in [0, 0.05) is 24.4 Å². The van der Waals surface area contributed by atoms with Gasteiger partial charge >= 0.3 is 6.09 Å². The Labute approximate surface area is 187 Å². The highest BCUT2D eigenvalue weighted by Gasteiger charge is 2.35. The number of carbonyl (C=O) groups is 1. The molecule has 0 radical (unpaired) electrons. The predicted octanol–water partition coefficient (Wildman–Crippen LogP) is 3.83. The largest absolute Gasteiger partial charge is 0.445 e. The Balaban J connectivity index is 1.41. The molecule has 0 aliphatic carbocycles. The van der Waals surface area contributed by atoms with Crippen molar-refractivity contribution in [2.75, 3.05) is 13.1 Å². The number of thiol groups is 1. The minimum Gasteiger partial charge on any atom is -0.445 e. The van der Waals surface area contributed by atoms with Crippen LogP contribution in [0.3, 0.4) is 0 Å². The Morgan fingerprint density at radius 2 is 1.74 bits per heavy atom. The predicted molar refractivity (Wildman–Crippen MR) is 124 cm³/mol. The Morgan fingerprint density at radius 3 is 2.52 bits per heavy atom. The number of ether oxygens (including phenoxy) is 1. The lowest BCUT2D eigenvalue weighted by atomic mass is 10.1. The van der Waals surface area contributed by atoms with Gasteiger partial charge in [0.15, 0.2) is 0 Å². The molecule has 1 N–H and O–H groups in total. The highest BCUT2D eigenvalue weighted by atomic mass is 32.2. The van der Waals surface area contributed by atoms with Crippen LogP contribution < -0.4 is 4.72 Å². The van der Waals surface area contributed by atoms with Crippen LogP contribution in [-0.4, -0.2) is 43.8 Å². The average molecular weight is 457 g/mol. The number of amides is 1. The van der Waals surface area contributed by atoms with Gasteiger partial charge < -0.3 is 9.64 Å². The van der Waals surface area contributed by atoms with E-state index in [1.807, 2.05) is 54.6 Å². The third-order valence-electron chi connectivity index (χ3n) is 5.37. The number of rotatable bonds is 6. The summed E-state index contributed by atoms with van der Waals surface area (Å²) in [5, 5.41) is 1.80. The fourth-order valence-electron chi connectivity index (χ4n) is 3.74. The van der Waals surface area contributed by atoms with Crippen molar-refractivity contribution in [3.63, 3.8) is 0 Å². The van der Waals surface area contributed by atoms with Crippen molar-refractivity contribution < 1.29 is 17.9 Å². The molecular weight excluding hydrogens is 432 g/mol. The SMILES string of the molecule is O=C(OCc1ccccc1)N1C[C@H](S)C[C@H]1CNS(=O)(=O)c1ccc2ccccc2c1. The molecule has 1 aliphatic heterocycles. The lowest BCUT2D eigenvalue weighted by molar-refractivity contribution is 0.0927. The molecule has 31 heavy (non-hydrogen) atoms. The zero-order chi connectivity index (χ0) is 21.8. The average Bonchev–Trinajstić information content (AvgIpc) is 3.17. The van der Waals surface area contributed by atoms with E-state index in [0.29, 0.717) is 13.0 Å². The second kappa shape index (κ2) is 9.30. The second-order valence-electron chi connectivity index (χ2n) is 7.60. The molecule has 3 aromatic carbocycles. The van der Waals surface area contributed by atoms with Crippen molar-refractivity contribution in [3.8, 4) is 0 Å². The van der Waals surface area contributed by atoms with E-state index in [1.54, 1.807) is 23.1 Å². The zero-order valence-electron chi connectivity index (χ0n) is 16.8. The van der Waals surface area contributed by atoms with Gasteiger partial charge in [-0.15, -0.1) is 0 Å². The molecule has 2 atom stereocenters. The number of hydrogen-bond acceptors (Lipinski definition) is 5. The van der Waals surface area contributed by atoms with Crippen molar-refractivity contribution in [1.29, 1.82) is 0 Å².